The van der Waals surface area contributed by atoms with Gasteiger partial charge in [0.15, 0.2) is 17.2 Å². The number of nitrogens with zero attached hydrogens (tertiary/aromatic N) is 4. The zero-order chi connectivity index (χ0) is 21.8. The standard InChI is InChI=1S/C22H29N5O4/c1-30-19-10-5-15(13-20(19)31-2)21(28)23-16-6-8-17(9-7-16)27-14-18(24-25-27)22(29)26-11-3-4-12-26/h5,10,13-14,16-17H,3-4,6-9,11-12H2,1-2H3,(H,23,28)/t16-,17+. The lowest BCUT2D eigenvalue weighted by Crippen LogP contribution is -2.38. The van der Waals surface area contributed by atoms with Gasteiger partial charge < -0.3 is 19.7 Å². The maximum absolute atomic E-state index is 12.7. The van der Waals surface area contributed by atoms with Crippen LogP contribution in [0.4, 0.5) is 0 Å². The number of hydrogen-bond donors (Lipinski definition) is 1. The number of hydrogen-bond acceptors (Lipinski definition) is 6. The van der Waals surface area contributed by atoms with Gasteiger partial charge in [0.05, 0.1) is 26.5 Å². The summed E-state index contributed by atoms with van der Waals surface area (Å²) in [5.74, 6) is 0.975. The second kappa shape index (κ2) is 9.36. The van der Waals surface area contributed by atoms with Crippen molar-refractivity contribution in [2.24, 2.45) is 0 Å². The maximum atomic E-state index is 12.7. The smallest absolute Gasteiger partial charge is 0.276 e. The van der Waals surface area contributed by atoms with Crippen LogP contribution in [0.1, 0.15) is 65.4 Å². The lowest BCUT2D eigenvalue weighted by Gasteiger charge is -2.29. The zero-order valence-electron chi connectivity index (χ0n) is 18.0. The molecule has 2 heterocycles. The van der Waals surface area contributed by atoms with Gasteiger partial charge >= 0.3 is 0 Å². The van der Waals surface area contributed by atoms with Crippen molar-refractivity contribution in [1.82, 2.24) is 25.2 Å². The Morgan fingerprint density at radius 1 is 1.03 bits per heavy atom. The number of amides is 2. The first-order chi connectivity index (χ1) is 15.1. The van der Waals surface area contributed by atoms with E-state index in [-0.39, 0.29) is 23.9 Å². The molecule has 1 aromatic heterocycles. The highest BCUT2D eigenvalue weighted by atomic mass is 16.5. The topological polar surface area (TPSA) is 98.6 Å². The summed E-state index contributed by atoms with van der Waals surface area (Å²) >= 11 is 0. The van der Waals surface area contributed by atoms with E-state index in [1.165, 1.54) is 0 Å². The van der Waals surface area contributed by atoms with Gasteiger partial charge in [-0.2, -0.15) is 0 Å². The number of carbonyl (C=O) groups excluding carboxylic acids is 2. The van der Waals surface area contributed by atoms with Crippen LogP contribution in [0, 0.1) is 0 Å². The molecule has 4 rings (SSSR count). The molecule has 0 spiro atoms. The van der Waals surface area contributed by atoms with E-state index in [2.05, 4.69) is 15.6 Å². The van der Waals surface area contributed by atoms with Crippen molar-refractivity contribution in [1.29, 1.82) is 0 Å². The molecule has 0 unspecified atom stereocenters. The molecule has 1 aliphatic heterocycles. The largest absolute Gasteiger partial charge is 0.493 e. The Bertz CT molecular complexity index is 930. The van der Waals surface area contributed by atoms with E-state index in [9.17, 15) is 9.59 Å². The summed E-state index contributed by atoms with van der Waals surface area (Å²) in [4.78, 5) is 27.0. The summed E-state index contributed by atoms with van der Waals surface area (Å²) < 4.78 is 12.3. The second-order valence-electron chi connectivity index (χ2n) is 8.13. The highest BCUT2D eigenvalue weighted by molar-refractivity contribution is 5.95. The van der Waals surface area contributed by atoms with Crippen LogP contribution in [0.2, 0.25) is 0 Å². The Morgan fingerprint density at radius 2 is 1.74 bits per heavy atom. The van der Waals surface area contributed by atoms with Crippen molar-refractivity contribution in [2.45, 2.75) is 50.6 Å². The Hall–Kier alpha value is -3.10. The molecule has 1 aromatic carbocycles. The van der Waals surface area contributed by atoms with Crippen molar-refractivity contribution in [3.63, 3.8) is 0 Å². The molecule has 1 N–H and O–H groups in total. The average Bonchev–Trinajstić information content (AvgIpc) is 3.51. The van der Waals surface area contributed by atoms with E-state index in [4.69, 9.17) is 9.47 Å². The van der Waals surface area contributed by atoms with Gasteiger partial charge in [0.25, 0.3) is 11.8 Å². The second-order valence-corrected chi connectivity index (χ2v) is 8.13. The van der Waals surface area contributed by atoms with Gasteiger partial charge in [-0.25, -0.2) is 4.68 Å². The maximum Gasteiger partial charge on any atom is 0.276 e. The van der Waals surface area contributed by atoms with Gasteiger partial charge in [-0.3, -0.25) is 9.59 Å². The molecule has 1 aliphatic carbocycles. The Kier molecular flexibility index (Phi) is 6.39. The van der Waals surface area contributed by atoms with Crippen LogP contribution in [-0.2, 0) is 0 Å². The van der Waals surface area contributed by atoms with Gasteiger partial charge in [0, 0.05) is 24.7 Å². The van der Waals surface area contributed by atoms with E-state index in [1.807, 2.05) is 9.58 Å². The van der Waals surface area contributed by atoms with Crippen molar-refractivity contribution in [2.75, 3.05) is 27.3 Å². The first kappa shape index (κ1) is 21.1. The van der Waals surface area contributed by atoms with Crippen LogP contribution in [0.15, 0.2) is 24.4 Å². The molecule has 0 atom stereocenters. The molecular formula is C22H29N5O4. The molecule has 9 nitrogen and oxygen atoms in total. The molecule has 166 valence electrons. The van der Waals surface area contributed by atoms with E-state index >= 15 is 0 Å². The van der Waals surface area contributed by atoms with Gasteiger partial charge in [0.1, 0.15) is 0 Å². The minimum Gasteiger partial charge on any atom is -0.493 e. The Labute approximate surface area is 181 Å². The average molecular weight is 428 g/mol. The molecule has 0 radical (unpaired) electrons. The molecule has 2 amide bonds. The number of methoxy groups -OCH3 is 2. The molecule has 2 aliphatic rings. The number of rotatable bonds is 6. The minimum atomic E-state index is -0.122. The predicted octanol–water partition coefficient (Wildman–Crippen LogP) is 2.45. The summed E-state index contributed by atoms with van der Waals surface area (Å²) in [6, 6.07) is 5.45. The number of ether oxygens (including phenoxy) is 2. The van der Waals surface area contributed by atoms with Gasteiger partial charge in [0.2, 0.25) is 0 Å². The summed E-state index contributed by atoms with van der Waals surface area (Å²) in [5.41, 5.74) is 0.965. The van der Waals surface area contributed by atoms with Gasteiger partial charge in [-0.1, -0.05) is 5.21 Å². The molecule has 2 aromatic rings. The van der Waals surface area contributed by atoms with Crippen LogP contribution in [0.3, 0.4) is 0 Å². The van der Waals surface area contributed by atoms with Crippen LogP contribution in [0.5, 0.6) is 11.5 Å². The van der Waals surface area contributed by atoms with Crippen LogP contribution < -0.4 is 14.8 Å². The van der Waals surface area contributed by atoms with Crippen LogP contribution >= 0.6 is 0 Å². The summed E-state index contributed by atoms with van der Waals surface area (Å²) in [7, 11) is 3.12. The lowest BCUT2D eigenvalue weighted by atomic mass is 9.91. The van der Waals surface area contributed by atoms with Crippen molar-refractivity contribution < 1.29 is 19.1 Å². The SMILES string of the molecule is COc1ccc(C(=O)N[C@H]2CC[C@@H](n3cc(C(=O)N4CCCC4)nn3)CC2)cc1OC. The third-order valence-electron chi connectivity index (χ3n) is 6.17. The van der Waals surface area contributed by atoms with E-state index in [0.29, 0.717) is 22.8 Å². The zero-order valence-corrected chi connectivity index (χ0v) is 18.0. The van der Waals surface area contributed by atoms with Crippen molar-refractivity contribution >= 4 is 11.8 Å². The molecule has 0 bridgehead atoms. The lowest BCUT2D eigenvalue weighted by molar-refractivity contribution is 0.0786. The molecular weight excluding hydrogens is 398 g/mol. The number of likely N-dealkylation sites (tertiary alicyclic amines) is 1. The molecule has 31 heavy (non-hydrogen) atoms. The number of benzene rings is 1. The highest BCUT2D eigenvalue weighted by Crippen LogP contribution is 2.30. The fraction of sp³-hybridized carbons (Fsp3) is 0.545. The Balaban J connectivity index is 1.31. The molecule has 9 heteroatoms. The predicted molar refractivity (Wildman–Crippen MR) is 113 cm³/mol. The summed E-state index contributed by atoms with van der Waals surface area (Å²) in [6.07, 6.45) is 7.32. The van der Waals surface area contributed by atoms with E-state index in [0.717, 1.165) is 51.6 Å². The number of nitrogens with one attached hydrogen (secondary N) is 1. The molecule has 1 saturated heterocycles. The quantitative estimate of drug-likeness (QED) is 0.760. The number of aromatic nitrogens is 3. The van der Waals surface area contributed by atoms with Gasteiger partial charge in [-0.15, -0.1) is 5.10 Å². The highest BCUT2D eigenvalue weighted by Gasteiger charge is 2.27. The normalized spacial score (nSPS) is 21.0. The van der Waals surface area contributed by atoms with E-state index in [1.54, 1.807) is 38.6 Å². The molecule has 2 fully saturated rings. The first-order valence-electron chi connectivity index (χ1n) is 10.8. The fourth-order valence-electron chi connectivity index (χ4n) is 4.37. The van der Waals surface area contributed by atoms with E-state index < -0.39 is 0 Å². The van der Waals surface area contributed by atoms with Crippen LogP contribution in [-0.4, -0.2) is 65.1 Å². The van der Waals surface area contributed by atoms with Crippen molar-refractivity contribution in [3.05, 3.63) is 35.7 Å². The summed E-state index contributed by atoms with van der Waals surface area (Å²) in [5, 5.41) is 11.4. The minimum absolute atomic E-state index is 0.0281. The summed E-state index contributed by atoms with van der Waals surface area (Å²) in [6.45, 7) is 1.60. The van der Waals surface area contributed by atoms with Crippen molar-refractivity contribution in [3.8, 4) is 11.5 Å². The van der Waals surface area contributed by atoms with Gasteiger partial charge in [-0.05, 0) is 56.7 Å². The fourth-order valence-corrected chi connectivity index (χ4v) is 4.37. The number of carbonyl (C=O) groups is 2. The third kappa shape index (κ3) is 4.65. The monoisotopic (exact) mass is 427 g/mol. The molecule has 1 saturated carbocycles. The van der Waals surface area contributed by atoms with Crippen LogP contribution in [0.25, 0.3) is 0 Å². The third-order valence-corrected chi connectivity index (χ3v) is 6.17. The Morgan fingerprint density at radius 3 is 2.42 bits per heavy atom. The first-order valence-corrected chi connectivity index (χ1v) is 10.8.